The average molecular weight is 497 g/mol. The first kappa shape index (κ1) is 28.2. The van der Waals surface area contributed by atoms with Gasteiger partial charge < -0.3 is 23.7 Å². The van der Waals surface area contributed by atoms with Crippen LogP contribution >= 0.6 is 0 Å². The summed E-state index contributed by atoms with van der Waals surface area (Å²) in [6.45, 7) is 6.11. The molecule has 0 aliphatic rings. The first-order valence-electron chi connectivity index (χ1n) is 11.6. The zero-order valence-corrected chi connectivity index (χ0v) is 20.9. The van der Waals surface area contributed by atoms with Crippen molar-refractivity contribution in [1.29, 1.82) is 0 Å². The van der Waals surface area contributed by atoms with Crippen LogP contribution in [0.4, 0.5) is 0 Å². The first-order chi connectivity index (χ1) is 17.3. The number of ether oxygens (including phenoxy) is 5. The Labute approximate surface area is 211 Å². The van der Waals surface area contributed by atoms with Crippen LogP contribution in [-0.2, 0) is 19.1 Å². The van der Waals surface area contributed by atoms with Crippen molar-refractivity contribution in [3.63, 3.8) is 0 Å². The number of benzene rings is 2. The summed E-state index contributed by atoms with van der Waals surface area (Å²) in [5, 5.41) is 0. The van der Waals surface area contributed by atoms with Gasteiger partial charge >= 0.3 is 17.9 Å². The third kappa shape index (κ3) is 9.66. The number of rotatable bonds is 14. The Hall–Kier alpha value is -4.07. The van der Waals surface area contributed by atoms with Crippen LogP contribution in [0.5, 0.6) is 17.2 Å². The first-order valence-corrected chi connectivity index (χ1v) is 11.6. The van der Waals surface area contributed by atoms with Gasteiger partial charge in [0.05, 0.1) is 33.0 Å². The fourth-order valence-electron chi connectivity index (χ4n) is 2.99. The van der Waals surface area contributed by atoms with Gasteiger partial charge in [0.1, 0.15) is 5.75 Å². The molecule has 8 nitrogen and oxygen atoms in total. The van der Waals surface area contributed by atoms with E-state index in [0.29, 0.717) is 41.4 Å². The van der Waals surface area contributed by atoms with Crippen LogP contribution in [0.1, 0.15) is 48.5 Å². The van der Waals surface area contributed by atoms with Crippen molar-refractivity contribution in [2.75, 3.05) is 27.4 Å². The molecule has 0 atom stereocenters. The highest BCUT2D eigenvalue weighted by molar-refractivity contribution is 5.91. The summed E-state index contributed by atoms with van der Waals surface area (Å²) in [4.78, 5) is 35.1. The van der Waals surface area contributed by atoms with Crippen LogP contribution in [0, 0.1) is 0 Å². The molecule has 0 bridgehead atoms. The van der Waals surface area contributed by atoms with E-state index in [1.54, 1.807) is 55.5 Å². The molecule has 0 aromatic heterocycles. The normalized spacial score (nSPS) is 10.5. The zero-order valence-electron chi connectivity index (χ0n) is 20.9. The van der Waals surface area contributed by atoms with Gasteiger partial charge in [0.15, 0.2) is 11.5 Å². The average Bonchev–Trinajstić information content (AvgIpc) is 2.89. The van der Waals surface area contributed by atoms with Crippen molar-refractivity contribution in [2.45, 2.75) is 32.6 Å². The molecule has 36 heavy (non-hydrogen) atoms. The van der Waals surface area contributed by atoms with E-state index in [0.717, 1.165) is 25.7 Å². The lowest BCUT2D eigenvalue weighted by Gasteiger charge is -2.11. The Bertz CT molecular complexity index is 1070. The van der Waals surface area contributed by atoms with E-state index in [4.69, 9.17) is 18.9 Å². The largest absolute Gasteiger partial charge is 0.494 e. The second kappa shape index (κ2) is 15.0. The molecule has 0 fully saturated rings. The van der Waals surface area contributed by atoms with Gasteiger partial charge in [0.25, 0.3) is 0 Å². The highest BCUT2D eigenvalue weighted by Gasteiger charge is 2.13. The summed E-state index contributed by atoms with van der Waals surface area (Å²) < 4.78 is 26.1. The van der Waals surface area contributed by atoms with E-state index in [1.165, 1.54) is 20.3 Å². The van der Waals surface area contributed by atoms with Crippen LogP contribution in [0.25, 0.3) is 6.08 Å². The van der Waals surface area contributed by atoms with Crippen LogP contribution in [0.15, 0.2) is 60.7 Å². The minimum absolute atomic E-state index is 0.257. The fourth-order valence-corrected chi connectivity index (χ4v) is 2.99. The maximum absolute atomic E-state index is 12.6. The lowest BCUT2D eigenvalue weighted by Crippen LogP contribution is -2.09. The van der Waals surface area contributed by atoms with Crippen molar-refractivity contribution in [1.82, 2.24) is 0 Å². The number of methoxy groups -OCH3 is 2. The minimum Gasteiger partial charge on any atom is -0.494 e. The van der Waals surface area contributed by atoms with Crippen molar-refractivity contribution in [3.8, 4) is 17.2 Å². The molecule has 0 N–H and O–H groups in total. The Morgan fingerprint density at radius 3 is 2.22 bits per heavy atom. The Morgan fingerprint density at radius 1 is 0.889 bits per heavy atom. The summed E-state index contributed by atoms with van der Waals surface area (Å²) in [7, 11) is 2.76. The molecule has 0 spiro atoms. The molecule has 2 aromatic carbocycles. The topological polar surface area (TPSA) is 97.4 Å². The summed E-state index contributed by atoms with van der Waals surface area (Å²) in [6, 6.07) is 11.6. The molecule has 0 amide bonds. The number of carbonyl (C=O) groups excluding carboxylic acids is 3. The Morgan fingerprint density at radius 2 is 1.58 bits per heavy atom. The lowest BCUT2D eigenvalue weighted by molar-refractivity contribution is -0.139. The standard InChI is InChI=1S/C28H32O8/c1-20(2)27(30)35-18-8-6-5-7-17-34-23-13-11-22(12-14-23)28(31)36-24-15-9-21(19-25(24)32-3)10-16-26(29)33-4/h9-16,19H,1,5-8,17-18H2,2-4H3/b16-10+. The van der Waals surface area contributed by atoms with Gasteiger partial charge in [0.2, 0.25) is 0 Å². The molecule has 8 heteroatoms. The summed E-state index contributed by atoms with van der Waals surface area (Å²) in [5.41, 5.74) is 1.45. The van der Waals surface area contributed by atoms with Gasteiger partial charge in [-0.15, -0.1) is 0 Å². The maximum atomic E-state index is 12.6. The SMILES string of the molecule is C=C(C)C(=O)OCCCCCCOc1ccc(C(=O)Oc2ccc(/C=C/C(=O)OC)cc2OC)cc1. The molecular weight excluding hydrogens is 464 g/mol. The predicted molar refractivity (Wildman–Crippen MR) is 135 cm³/mol. The number of hydrogen-bond donors (Lipinski definition) is 0. The van der Waals surface area contributed by atoms with Gasteiger partial charge in [-0.3, -0.25) is 0 Å². The molecule has 0 aliphatic heterocycles. The molecule has 0 aliphatic carbocycles. The monoisotopic (exact) mass is 496 g/mol. The van der Waals surface area contributed by atoms with Crippen molar-refractivity contribution in [2.24, 2.45) is 0 Å². The van der Waals surface area contributed by atoms with Crippen molar-refractivity contribution >= 4 is 24.0 Å². The Balaban J connectivity index is 1.78. The van der Waals surface area contributed by atoms with Crippen molar-refractivity contribution < 1.29 is 38.1 Å². The molecule has 0 saturated heterocycles. The highest BCUT2D eigenvalue weighted by atomic mass is 16.6. The van der Waals surface area contributed by atoms with Crippen LogP contribution in [-0.4, -0.2) is 45.3 Å². The van der Waals surface area contributed by atoms with E-state index in [1.807, 2.05) is 0 Å². The zero-order chi connectivity index (χ0) is 26.3. The number of hydrogen-bond acceptors (Lipinski definition) is 8. The fraction of sp³-hybridized carbons (Fsp3) is 0.321. The van der Waals surface area contributed by atoms with E-state index in [-0.39, 0.29) is 11.7 Å². The van der Waals surface area contributed by atoms with E-state index < -0.39 is 11.9 Å². The minimum atomic E-state index is -0.537. The molecule has 2 aromatic rings. The summed E-state index contributed by atoms with van der Waals surface area (Å²) in [5.74, 6) is -0.105. The smallest absolute Gasteiger partial charge is 0.343 e. The van der Waals surface area contributed by atoms with Gasteiger partial charge in [-0.1, -0.05) is 12.6 Å². The van der Waals surface area contributed by atoms with Gasteiger partial charge in [0, 0.05) is 11.6 Å². The van der Waals surface area contributed by atoms with Crippen molar-refractivity contribution in [3.05, 3.63) is 71.8 Å². The van der Waals surface area contributed by atoms with Crippen LogP contribution in [0.3, 0.4) is 0 Å². The number of carbonyl (C=O) groups is 3. The third-order valence-corrected chi connectivity index (χ3v) is 4.98. The Kier molecular flexibility index (Phi) is 11.8. The number of unbranched alkanes of at least 4 members (excludes halogenated alkanes) is 3. The van der Waals surface area contributed by atoms with E-state index >= 15 is 0 Å². The summed E-state index contributed by atoms with van der Waals surface area (Å²) in [6.07, 6.45) is 6.41. The molecule has 192 valence electrons. The van der Waals surface area contributed by atoms with E-state index in [9.17, 15) is 14.4 Å². The second-order valence-electron chi connectivity index (χ2n) is 7.86. The third-order valence-electron chi connectivity index (χ3n) is 4.98. The van der Waals surface area contributed by atoms with Crippen LogP contribution < -0.4 is 14.2 Å². The number of esters is 3. The molecule has 0 heterocycles. The lowest BCUT2D eigenvalue weighted by atomic mass is 10.2. The second-order valence-corrected chi connectivity index (χ2v) is 7.86. The van der Waals surface area contributed by atoms with E-state index in [2.05, 4.69) is 11.3 Å². The molecule has 2 rings (SSSR count). The quantitative estimate of drug-likeness (QED) is 0.153. The molecule has 0 saturated carbocycles. The van der Waals surface area contributed by atoms with Gasteiger partial charge in [-0.25, -0.2) is 14.4 Å². The molecule has 0 unspecified atom stereocenters. The van der Waals surface area contributed by atoms with Gasteiger partial charge in [-0.2, -0.15) is 0 Å². The van der Waals surface area contributed by atoms with Gasteiger partial charge in [-0.05, 0) is 80.6 Å². The highest BCUT2D eigenvalue weighted by Crippen LogP contribution is 2.29. The molecule has 0 radical (unpaired) electrons. The predicted octanol–water partition coefficient (Wildman–Crippen LogP) is 5.16. The summed E-state index contributed by atoms with van der Waals surface area (Å²) >= 11 is 0. The maximum Gasteiger partial charge on any atom is 0.343 e. The van der Waals surface area contributed by atoms with Crippen LogP contribution in [0.2, 0.25) is 0 Å². The molecular formula is C28H32O8.